The van der Waals surface area contributed by atoms with Crippen molar-refractivity contribution in [1.82, 2.24) is 0 Å². The van der Waals surface area contributed by atoms with Crippen molar-refractivity contribution < 1.29 is 0 Å². The van der Waals surface area contributed by atoms with Gasteiger partial charge in [-0.25, -0.2) is 0 Å². The highest BCUT2D eigenvalue weighted by atomic mass is 14.1. The number of benzene rings is 6. The second-order valence-electron chi connectivity index (χ2n) is 13.8. The quantitative estimate of drug-likeness (QED) is 0.138. The highest BCUT2D eigenvalue weighted by molar-refractivity contribution is 5.94. The van der Waals surface area contributed by atoms with E-state index in [0.717, 1.165) is 114 Å². The fraction of sp³-hybridized carbons (Fsp3) is 0.0714. The summed E-state index contributed by atoms with van der Waals surface area (Å²) in [5.74, 6) is 40.7. The SMILES string of the molecule is C1#Cc2ccc(cc2)C#Cc2ccc(c3ccccc23)C#CC2=CC=C(C#Cc3ccc(cc3)C#Cc3ccc(c4ccccc34)C#CC3=CC=C1CC3)CC2. The summed E-state index contributed by atoms with van der Waals surface area (Å²) in [6, 6.07) is 41.4. The van der Waals surface area contributed by atoms with Gasteiger partial charge in [-0.3, -0.25) is 0 Å². The minimum absolute atomic E-state index is 0.867. The Bertz CT molecular complexity index is 2900. The van der Waals surface area contributed by atoms with Gasteiger partial charge in [0.25, 0.3) is 0 Å². The fourth-order valence-corrected chi connectivity index (χ4v) is 6.88. The molecule has 256 valence electrons. The third-order valence-electron chi connectivity index (χ3n) is 10.0. The summed E-state index contributed by atoms with van der Waals surface area (Å²) in [4.78, 5) is 0. The van der Waals surface area contributed by atoms with Crippen molar-refractivity contribution >= 4 is 21.5 Å². The van der Waals surface area contributed by atoms with Crippen molar-refractivity contribution in [2.75, 3.05) is 0 Å². The van der Waals surface area contributed by atoms with E-state index in [4.69, 9.17) is 0 Å². The Hall–Kier alpha value is -7.84. The van der Waals surface area contributed by atoms with Crippen molar-refractivity contribution in [3.05, 3.63) is 212 Å². The minimum Gasteiger partial charge on any atom is -0.0661 e. The molecule has 0 saturated carbocycles. The third kappa shape index (κ3) is 7.76. The van der Waals surface area contributed by atoms with Gasteiger partial charge in [0.05, 0.1) is 0 Å². The fourth-order valence-electron chi connectivity index (χ4n) is 6.88. The molecule has 0 amide bonds. The Balaban J connectivity index is 1.07. The standard InChI is InChI=1S/C56H32/c1-2-6-54-50-34-30-46-23-15-42(16-24-46)11-12-44-19-27-48(28-20-44)32-36-52-40-39-51(55-7-3-4-8-56(52)55)35-31-47-25-17-43(18-26-47)10-9-41-13-21-45(22-14-41)29-33-49(37-38-50)53(54)5-1/h1-8,13-15,17,19-23,25,27-28,37-40H,16,18,24,26H2. The molecule has 0 saturated heterocycles. The first-order valence-corrected chi connectivity index (χ1v) is 18.9. The van der Waals surface area contributed by atoms with Gasteiger partial charge in [-0.15, -0.1) is 0 Å². The smallest absolute Gasteiger partial charge is 0.0328 e. The lowest BCUT2D eigenvalue weighted by Gasteiger charge is -2.06. The largest absolute Gasteiger partial charge is 0.0661 e. The normalized spacial score (nSPS) is 13.9. The van der Waals surface area contributed by atoms with Crippen LogP contribution >= 0.6 is 0 Å². The number of allylic oxidation sites excluding steroid dienone is 8. The van der Waals surface area contributed by atoms with Gasteiger partial charge in [-0.1, -0.05) is 120 Å². The van der Waals surface area contributed by atoms with Crippen LogP contribution < -0.4 is 0 Å². The molecule has 6 aromatic carbocycles. The maximum atomic E-state index is 3.45. The molecule has 9 aliphatic carbocycles. The van der Waals surface area contributed by atoms with Crippen LogP contribution in [0.5, 0.6) is 0 Å². The average Bonchev–Trinajstić information content (AvgIpc) is 3.26. The van der Waals surface area contributed by atoms with Gasteiger partial charge in [0.2, 0.25) is 0 Å². The van der Waals surface area contributed by atoms with Gasteiger partial charge in [-0.05, 0) is 144 Å². The third-order valence-corrected chi connectivity index (χ3v) is 10.0. The second-order valence-corrected chi connectivity index (χ2v) is 13.8. The molecule has 0 aliphatic heterocycles. The molecule has 0 heteroatoms. The van der Waals surface area contributed by atoms with Crippen LogP contribution in [0.4, 0.5) is 0 Å². The van der Waals surface area contributed by atoms with Crippen LogP contribution in [0.15, 0.2) is 168 Å². The molecule has 6 aromatic rings. The second kappa shape index (κ2) is 15.6. The van der Waals surface area contributed by atoms with Gasteiger partial charge in [0.15, 0.2) is 0 Å². The summed E-state index contributed by atoms with van der Waals surface area (Å²) >= 11 is 0. The van der Waals surface area contributed by atoms with Crippen molar-refractivity contribution in [2.24, 2.45) is 0 Å². The molecule has 0 atom stereocenters. The summed E-state index contributed by atoms with van der Waals surface area (Å²) in [7, 11) is 0. The van der Waals surface area contributed by atoms with E-state index in [9.17, 15) is 0 Å². The summed E-state index contributed by atoms with van der Waals surface area (Å²) < 4.78 is 0. The number of hydrogen-bond acceptors (Lipinski definition) is 0. The van der Waals surface area contributed by atoms with Crippen LogP contribution in [0.3, 0.4) is 0 Å². The zero-order valence-corrected chi connectivity index (χ0v) is 30.7. The molecule has 0 radical (unpaired) electrons. The first-order chi connectivity index (χ1) is 27.7. The molecular weight excluding hydrogens is 673 g/mol. The molecule has 0 N–H and O–H groups in total. The summed E-state index contributed by atoms with van der Waals surface area (Å²) in [6.45, 7) is 0. The maximum absolute atomic E-state index is 3.45. The Morgan fingerprint density at radius 2 is 0.464 bits per heavy atom. The molecule has 0 heterocycles. The van der Waals surface area contributed by atoms with Crippen LogP contribution in [-0.4, -0.2) is 0 Å². The van der Waals surface area contributed by atoms with Crippen molar-refractivity contribution in [2.45, 2.75) is 25.7 Å². The Morgan fingerprint density at radius 1 is 0.232 bits per heavy atom. The van der Waals surface area contributed by atoms with Gasteiger partial charge in [0, 0.05) is 66.8 Å². The highest BCUT2D eigenvalue weighted by Crippen LogP contribution is 2.25. The van der Waals surface area contributed by atoms with Crippen LogP contribution in [0.2, 0.25) is 0 Å². The molecule has 0 fully saturated rings. The molecule has 0 aromatic heterocycles. The first kappa shape index (κ1) is 34.0. The van der Waals surface area contributed by atoms with E-state index in [1.165, 1.54) is 0 Å². The van der Waals surface area contributed by atoms with Crippen molar-refractivity contribution in [1.29, 1.82) is 0 Å². The number of rotatable bonds is 0. The molecular formula is C56H32. The summed E-state index contributed by atoms with van der Waals surface area (Å²) in [6.07, 6.45) is 11.9. The lowest BCUT2D eigenvalue weighted by Crippen LogP contribution is -1.91. The van der Waals surface area contributed by atoms with E-state index in [0.29, 0.717) is 0 Å². The molecule has 9 aliphatic rings. The van der Waals surface area contributed by atoms with E-state index >= 15 is 0 Å². The van der Waals surface area contributed by atoms with Crippen LogP contribution in [0.25, 0.3) is 21.5 Å². The molecule has 0 spiro atoms. The number of hydrogen-bond donors (Lipinski definition) is 0. The lowest BCUT2D eigenvalue weighted by atomic mass is 9.97. The molecule has 0 unspecified atom stereocenters. The highest BCUT2D eigenvalue weighted by Gasteiger charge is 2.07. The Kier molecular flexibility index (Phi) is 9.48. The predicted molar refractivity (Wildman–Crippen MR) is 231 cm³/mol. The monoisotopic (exact) mass is 704 g/mol. The zero-order valence-electron chi connectivity index (χ0n) is 30.7. The van der Waals surface area contributed by atoms with Crippen LogP contribution in [0.1, 0.15) is 70.2 Å². The van der Waals surface area contributed by atoms with E-state index in [2.05, 4.69) is 168 Å². The molecule has 0 nitrogen and oxygen atoms in total. The summed E-state index contributed by atoms with van der Waals surface area (Å²) in [5, 5.41) is 4.41. The van der Waals surface area contributed by atoms with E-state index < -0.39 is 0 Å². The van der Waals surface area contributed by atoms with Crippen molar-refractivity contribution in [3.8, 4) is 71.0 Å². The molecule has 12 bridgehead atoms. The van der Waals surface area contributed by atoms with Crippen LogP contribution in [0, 0.1) is 71.0 Å². The molecule has 56 heavy (non-hydrogen) atoms. The van der Waals surface area contributed by atoms with E-state index in [1.54, 1.807) is 0 Å². The summed E-state index contributed by atoms with van der Waals surface area (Å²) in [5.41, 5.74) is 12.2. The van der Waals surface area contributed by atoms with E-state index in [-0.39, 0.29) is 0 Å². The lowest BCUT2D eigenvalue weighted by molar-refractivity contribution is 0.967. The zero-order chi connectivity index (χ0) is 37.5. The topological polar surface area (TPSA) is 0 Å². The average molecular weight is 705 g/mol. The maximum Gasteiger partial charge on any atom is 0.0328 e. The molecule has 15 rings (SSSR count). The first-order valence-electron chi connectivity index (χ1n) is 18.9. The van der Waals surface area contributed by atoms with Crippen LogP contribution in [-0.2, 0) is 0 Å². The van der Waals surface area contributed by atoms with E-state index in [1.807, 2.05) is 48.5 Å². The number of fused-ring (bicyclic) bond motifs is 2. The van der Waals surface area contributed by atoms with Gasteiger partial charge < -0.3 is 0 Å². The van der Waals surface area contributed by atoms with Crippen molar-refractivity contribution in [3.63, 3.8) is 0 Å². The predicted octanol–water partition coefficient (Wildman–Crippen LogP) is 11.2. The minimum atomic E-state index is 0.867. The Morgan fingerprint density at radius 3 is 0.732 bits per heavy atom. The van der Waals surface area contributed by atoms with Gasteiger partial charge in [0.1, 0.15) is 0 Å². The Labute approximate surface area is 329 Å². The van der Waals surface area contributed by atoms with Gasteiger partial charge in [-0.2, -0.15) is 0 Å². The van der Waals surface area contributed by atoms with Gasteiger partial charge >= 0.3 is 0 Å².